The molecule has 3 atom stereocenters. The van der Waals surface area contributed by atoms with Crippen LogP contribution in [-0.2, 0) is 14.3 Å². The van der Waals surface area contributed by atoms with Gasteiger partial charge < -0.3 is 20.5 Å². The molecule has 3 N–H and O–H groups in total. The number of rotatable bonds is 8. The third-order valence-electron chi connectivity index (χ3n) is 7.62. The number of amides is 2. The van der Waals surface area contributed by atoms with Gasteiger partial charge in [-0.1, -0.05) is 68.3 Å². The van der Waals surface area contributed by atoms with Crippen molar-refractivity contribution in [2.45, 2.75) is 57.4 Å². The average Bonchev–Trinajstić information content (AvgIpc) is 3.16. The van der Waals surface area contributed by atoms with Crippen LogP contribution in [0.25, 0.3) is 11.1 Å². The molecular formula is C28H34N2O5. The highest BCUT2D eigenvalue weighted by atomic mass is 16.5. The van der Waals surface area contributed by atoms with Crippen LogP contribution in [0.5, 0.6) is 0 Å². The SMILES string of the molecule is CCC(CNC(=O)C1CCCCC1(C)NC(=O)OCC1c2ccccc2-c2ccccc21)C(=O)O. The number of carbonyl (C=O) groups is 3. The molecule has 1 saturated carbocycles. The van der Waals surface area contributed by atoms with Crippen LogP contribution in [0.2, 0.25) is 0 Å². The summed E-state index contributed by atoms with van der Waals surface area (Å²) in [6.07, 6.45) is 2.98. The second-order valence-corrected chi connectivity index (χ2v) is 9.85. The minimum atomic E-state index is -0.920. The summed E-state index contributed by atoms with van der Waals surface area (Å²) in [7, 11) is 0. The predicted molar refractivity (Wildman–Crippen MR) is 133 cm³/mol. The van der Waals surface area contributed by atoms with E-state index in [9.17, 15) is 19.5 Å². The van der Waals surface area contributed by atoms with E-state index in [0.29, 0.717) is 19.3 Å². The Bertz CT molecular complexity index is 1050. The van der Waals surface area contributed by atoms with Crippen molar-refractivity contribution in [1.82, 2.24) is 10.6 Å². The zero-order valence-corrected chi connectivity index (χ0v) is 20.4. The van der Waals surface area contributed by atoms with Crippen molar-refractivity contribution in [3.8, 4) is 11.1 Å². The zero-order chi connectivity index (χ0) is 25.0. The van der Waals surface area contributed by atoms with Gasteiger partial charge in [0.25, 0.3) is 0 Å². The molecule has 0 bridgehead atoms. The molecule has 2 aromatic rings. The first-order valence-corrected chi connectivity index (χ1v) is 12.5. The highest BCUT2D eigenvalue weighted by Gasteiger charge is 2.43. The van der Waals surface area contributed by atoms with Gasteiger partial charge in [0.1, 0.15) is 6.61 Å². The van der Waals surface area contributed by atoms with Gasteiger partial charge in [-0.15, -0.1) is 0 Å². The van der Waals surface area contributed by atoms with Crippen molar-refractivity contribution in [1.29, 1.82) is 0 Å². The number of hydrogen-bond donors (Lipinski definition) is 3. The lowest BCUT2D eigenvalue weighted by Gasteiger charge is -2.41. The lowest BCUT2D eigenvalue weighted by molar-refractivity contribution is -0.141. The van der Waals surface area contributed by atoms with E-state index in [2.05, 4.69) is 34.9 Å². The number of carbonyl (C=O) groups excluding carboxylic acids is 2. The van der Waals surface area contributed by atoms with Gasteiger partial charge >= 0.3 is 12.1 Å². The quantitative estimate of drug-likeness (QED) is 0.510. The molecule has 7 nitrogen and oxygen atoms in total. The Morgan fingerprint density at radius 3 is 2.29 bits per heavy atom. The van der Waals surface area contributed by atoms with Crippen molar-refractivity contribution in [2.75, 3.05) is 13.2 Å². The fourth-order valence-corrected chi connectivity index (χ4v) is 5.52. The summed E-state index contributed by atoms with van der Waals surface area (Å²) in [5.74, 6) is -2.23. The molecule has 0 heterocycles. The summed E-state index contributed by atoms with van der Waals surface area (Å²) >= 11 is 0. The highest BCUT2D eigenvalue weighted by molar-refractivity contribution is 5.82. The number of hydrogen-bond acceptors (Lipinski definition) is 4. The van der Waals surface area contributed by atoms with Crippen molar-refractivity contribution >= 4 is 18.0 Å². The zero-order valence-electron chi connectivity index (χ0n) is 20.4. The topological polar surface area (TPSA) is 105 Å². The van der Waals surface area contributed by atoms with E-state index >= 15 is 0 Å². The highest BCUT2D eigenvalue weighted by Crippen LogP contribution is 2.44. The number of ether oxygens (including phenoxy) is 1. The van der Waals surface area contributed by atoms with E-state index in [-0.39, 0.29) is 25.0 Å². The minimum Gasteiger partial charge on any atom is -0.481 e. The van der Waals surface area contributed by atoms with Crippen LogP contribution in [0, 0.1) is 11.8 Å². The summed E-state index contributed by atoms with van der Waals surface area (Å²) in [5.41, 5.74) is 3.87. The van der Waals surface area contributed by atoms with Crippen LogP contribution >= 0.6 is 0 Å². The Kier molecular flexibility index (Phi) is 7.43. The lowest BCUT2D eigenvalue weighted by atomic mass is 9.73. The molecule has 3 unspecified atom stereocenters. The number of carboxylic acids is 1. The van der Waals surface area contributed by atoms with Gasteiger partial charge in [0.15, 0.2) is 0 Å². The van der Waals surface area contributed by atoms with E-state index in [4.69, 9.17) is 4.74 Å². The maximum absolute atomic E-state index is 13.0. The van der Waals surface area contributed by atoms with Crippen molar-refractivity contribution < 1.29 is 24.2 Å². The van der Waals surface area contributed by atoms with Gasteiger partial charge in [-0.3, -0.25) is 9.59 Å². The minimum absolute atomic E-state index is 0.0339. The molecular weight excluding hydrogens is 444 g/mol. The predicted octanol–water partition coefficient (Wildman–Crippen LogP) is 4.70. The monoisotopic (exact) mass is 478 g/mol. The number of carboxylic acid groups (broad SMARTS) is 1. The number of nitrogens with one attached hydrogen (secondary N) is 2. The summed E-state index contributed by atoms with van der Waals surface area (Å²) in [6.45, 7) is 3.96. The standard InChI is InChI=1S/C28H34N2O5/c1-3-18(26(32)33)16-29-25(31)24-14-8-9-15-28(24,2)30-27(34)35-17-23-21-12-6-4-10-19(21)20-11-5-7-13-22(20)23/h4-7,10-13,18,23-24H,3,8-9,14-17H2,1-2H3,(H,29,31)(H,30,34)(H,32,33). The molecule has 1 fully saturated rings. The Labute approximate surface area is 206 Å². The number of fused-ring (bicyclic) bond motifs is 3. The largest absolute Gasteiger partial charge is 0.481 e. The van der Waals surface area contributed by atoms with Gasteiger partial charge in [0.05, 0.1) is 17.4 Å². The molecule has 0 aliphatic heterocycles. The second kappa shape index (κ2) is 10.5. The maximum atomic E-state index is 13.0. The van der Waals surface area contributed by atoms with E-state index < -0.39 is 29.4 Å². The van der Waals surface area contributed by atoms with Gasteiger partial charge in [-0.25, -0.2) is 4.79 Å². The molecule has 0 aromatic heterocycles. The van der Waals surface area contributed by atoms with Gasteiger partial charge in [0.2, 0.25) is 5.91 Å². The molecule has 7 heteroatoms. The molecule has 2 aliphatic carbocycles. The van der Waals surface area contributed by atoms with Crippen LogP contribution in [0.15, 0.2) is 48.5 Å². The normalized spacial score (nSPS) is 21.9. The van der Waals surface area contributed by atoms with Crippen LogP contribution in [0.3, 0.4) is 0 Å². The summed E-state index contributed by atoms with van der Waals surface area (Å²) in [5, 5.41) is 15.0. The Balaban J connectivity index is 1.40. The molecule has 0 radical (unpaired) electrons. The number of alkyl carbamates (subject to hydrolysis) is 1. The lowest BCUT2D eigenvalue weighted by Crippen LogP contribution is -2.58. The van der Waals surface area contributed by atoms with Crippen molar-refractivity contribution in [2.24, 2.45) is 11.8 Å². The fraction of sp³-hybridized carbons (Fsp3) is 0.464. The third-order valence-corrected chi connectivity index (χ3v) is 7.62. The maximum Gasteiger partial charge on any atom is 0.407 e. The molecule has 2 amide bonds. The van der Waals surface area contributed by atoms with E-state index in [0.717, 1.165) is 24.0 Å². The van der Waals surface area contributed by atoms with Gasteiger partial charge in [-0.2, -0.15) is 0 Å². The van der Waals surface area contributed by atoms with Crippen LogP contribution in [0.1, 0.15) is 63.0 Å². The van der Waals surface area contributed by atoms with Crippen molar-refractivity contribution in [3.63, 3.8) is 0 Å². The molecule has 2 aliphatic rings. The smallest absolute Gasteiger partial charge is 0.407 e. The number of benzene rings is 2. The summed E-state index contributed by atoms with van der Waals surface area (Å²) < 4.78 is 5.72. The Morgan fingerprint density at radius 1 is 1.06 bits per heavy atom. The van der Waals surface area contributed by atoms with Crippen LogP contribution in [0.4, 0.5) is 4.79 Å². The second-order valence-electron chi connectivity index (χ2n) is 9.85. The Hall–Kier alpha value is -3.35. The molecule has 2 aromatic carbocycles. The first kappa shape index (κ1) is 24.8. The van der Waals surface area contributed by atoms with E-state index in [1.807, 2.05) is 31.2 Å². The number of aliphatic carboxylic acids is 1. The van der Waals surface area contributed by atoms with Gasteiger partial charge in [-0.05, 0) is 48.4 Å². The summed E-state index contributed by atoms with van der Waals surface area (Å²) in [6, 6.07) is 16.4. The first-order valence-electron chi connectivity index (χ1n) is 12.5. The van der Waals surface area contributed by atoms with Crippen LogP contribution in [-0.4, -0.2) is 41.8 Å². The molecule has 4 rings (SSSR count). The third kappa shape index (κ3) is 5.19. The average molecular weight is 479 g/mol. The van der Waals surface area contributed by atoms with E-state index in [1.54, 1.807) is 6.92 Å². The summed E-state index contributed by atoms with van der Waals surface area (Å²) in [4.78, 5) is 37.2. The molecule has 186 valence electrons. The molecule has 0 saturated heterocycles. The molecule has 35 heavy (non-hydrogen) atoms. The Morgan fingerprint density at radius 2 is 1.69 bits per heavy atom. The first-order chi connectivity index (χ1) is 16.8. The van der Waals surface area contributed by atoms with Crippen molar-refractivity contribution in [3.05, 3.63) is 59.7 Å². The van der Waals surface area contributed by atoms with Crippen LogP contribution < -0.4 is 10.6 Å². The van der Waals surface area contributed by atoms with Gasteiger partial charge in [0, 0.05) is 12.5 Å². The van der Waals surface area contributed by atoms with E-state index in [1.165, 1.54) is 11.1 Å². The molecule has 0 spiro atoms. The fourth-order valence-electron chi connectivity index (χ4n) is 5.52.